The van der Waals surface area contributed by atoms with E-state index >= 15 is 0 Å². The van der Waals surface area contributed by atoms with Gasteiger partial charge >= 0.3 is 0 Å². The summed E-state index contributed by atoms with van der Waals surface area (Å²) in [7, 11) is 0. The molecule has 19 heavy (non-hydrogen) atoms. The highest BCUT2D eigenvalue weighted by Gasteiger charge is 2.23. The van der Waals surface area contributed by atoms with E-state index in [1.54, 1.807) is 0 Å². The first-order valence-corrected chi connectivity index (χ1v) is 7.81. The van der Waals surface area contributed by atoms with E-state index in [1.165, 1.54) is 24.0 Å². The molecule has 1 aliphatic carbocycles. The van der Waals surface area contributed by atoms with Gasteiger partial charge in [-0.15, -0.1) is 0 Å². The van der Waals surface area contributed by atoms with Gasteiger partial charge in [-0.25, -0.2) is 0 Å². The van der Waals surface area contributed by atoms with Crippen LogP contribution in [0.1, 0.15) is 44.7 Å². The smallest absolute Gasteiger partial charge is 0.126 e. The topological polar surface area (TPSA) is 21.3 Å². The van der Waals surface area contributed by atoms with Crippen molar-refractivity contribution in [2.75, 3.05) is 6.61 Å². The lowest BCUT2D eigenvalue weighted by atomic mass is 10.1. The Morgan fingerprint density at radius 2 is 2.00 bits per heavy atom. The third kappa shape index (κ3) is 4.81. The molecule has 1 N–H and O–H groups in total. The molecule has 0 radical (unpaired) electrons. The van der Waals surface area contributed by atoms with Crippen LogP contribution in [0.4, 0.5) is 0 Å². The van der Waals surface area contributed by atoms with Gasteiger partial charge in [-0.1, -0.05) is 15.9 Å². The average molecular weight is 326 g/mol. The minimum Gasteiger partial charge on any atom is -0.493 e. The fourth-order valence-corrected chi connectivity index (χ4v) is 2.60. The number of hydrogen-bond acceptors (Lipinski definition) is 2. The maximum atomic E-state index is 6.05. The van der Waals surface area contributed by atoms with Crippen LogP contribution in [0.15, 0.2) is 16.6 Å². The Balaban J connectivity index is 2.12. The molecule has 0 amide bonds. The second-order valence-electron chi connectivity index (χ2n) is 6.57. The maximum Gasteiger partial charge on any atom is 0.126 e. The summed E-state index contributed by atoms with van der Waals surface area (Å²) >= 11 is 3.58. The molecule has 3 heteroatoms. The molecule has 0 saturated heterocycles. The number of nitrogens with one attached hydrogen (secondary N) is 1. The number of rotatable bonds is 5. The van der Waals surface area contributed by atoms with E-state index in [1.807, 2.05) is 0 Å². The van der Waals surface area contributed by atoms with E-state index in [0.29, 0.717) is 0 Å². The highest BCUT2D eigenvalue weighted by molar-refractivity contribution is 9.10. The molecule has 1 saturated carbocycles. The number of halogens is 1. The summed E-state index contributed by atoms with van der Waals surface area (Å²) in [6.45, 7) is 10.4. The molecule has 1 aromatic rings. The van der Waals surface area contributed by atoms with E-state index in [-0.39, 0.29) is 5.54 Å². The lowest BCUT2D eigenvalue weighted by Gasteiger charge is -2.22. The molecule has 0 atom stereocenters. The summed E-state index contributed by atoms with van der Waals surface area (Å²) in [5.41, 5.74) is 2.56. The quantitative estimate of drug-likeness (QED) is 0.864. The highest BCUT2D eigenvalue weighted by Crippen LogP contribution is 2.33. The minimum atomic E-state index is 0.115. The number of ether oxygens (including phenoxy) is 1. The van der Waals surface area contributed by atoms with Crippen LogP contribution in [0.5, 0.6) is 5.75 Å². The summed E-state index contributed by atoms with van der Waals surface area (Å²) in [5.74, 6) is 1.85. The first kappa shape index (κ1) is 14.9. The Hall–Kier alpha value is -0.540. The lowest BCUT2D eigenvalue weighted by molar-refractivity contribution is 0.292. The molecule has 1 fully saturated rings. The minimum absolute atomic E-state index is 0.115. The van der Waals surface area contributed by atoms with Crippen molar-refractivity contribution in [2.45, 2.75) is 52.6 Å². The summed E-state index contributed by atoms with van der Waals surface area (Å²) in [6, 6.07) is 4.29. The zero-order valence-corrected chi connectivity index (χ0v) is 13.9. The molecule has 0 aliphatic heterocycles. The fraction of sp³-hybridized carbons (Fsp3) is 0.625. The van der Waals surface area contributed by atoms with Gasteiger partial charge in [0, 0.05) is 22.1 Å². The first-order chi connectivity index (χ1) is 8.85. The van der Waals surface area contributed by atoms with E-state index in [2.05, 4.69) is 61.1 Å². The van der Waals surface area contributed by atoms with Crippen LogP contribution in [0.25, 0.3) is 0 Å². The molecule has 106 valence electrons. The van der Waals surface area contributed by atoms with Crippen molar-refractivity contribution in [1.29, 1.82) is 0 Å². The van der Waals surface area contributed by atoms with Gasteiger partial charge in [0.05, 0.1) is 6.61 Å². The van der Waals surface area contributed by atoms with Crippen molar-refractivity contribution < 1.29 is 4.74 Å². The molecule has 0 bridgehead atoms. The molecule has 0 aromatic heterocycles. The summed E-state index contributed by atoms with van der Waals surface area (Å²) in [5, 5.41) is 3.54. The number of aryl methyl sites for hydroxylation is 1. The maximum absolute atomic E-state index is 6.05. The largest absolute Gasteiger partial charge is 0.493 e. The van der Waals surface area contributed by atoms with Crippen LogP contribution < -0.4 is 10.1 Å². The highest BCUT2D eigenvalue weighted by atomic mass is 79.9. The third-order valence-corrected chi connectivity index (χ3v) is 3.74. The fourth-order valence-electron chi connectivity index (χ4n) is 1.98. The normalized spacial score (nSPS) is 15.6. The molecule has 0 heterocycles. The van der Waals surface area contributed by atoms with E-state index < -0.39 is 0 Å². The predicted molar refractivity (Wildman–Crippen MR) is 83.7 cm³/mol. The van der Waals surface area contributed by atoms with Gasteiger partial charge in [-0.3, -0.25) is 0 Å². The van der Waals surface area contributed by atoms with Gasteiger partial charge in [0.15, 0.2) is 0 Å². The van der Waals surface area contributed by atoms with Gasteiger partial charge in [-0.2, -0.15) is 0 Å². The Morgan fingerprint density at radius 1 is 1.32 bits per heavy atom. The Kier molecular flexibility index (Phi) is 4.57. The van der Waals surface area contributed by atoms with Crippen LogP contribution in [0.2, 0.25) is 0 Å². The molecule has 2 rings (SSSR count). The molecule has 1 aromatic carbocycles. The number of benzene rings is 1. The molecule has 0 spiro atoms. The lowest BCUT2D eigenvalue weighted by Crippen LogP contribution is -2.35. The molecule has 0 unspecified atom stereocenters. The van der Waals surface area contributed by atoms with Gasteiger partial charge < -0.3 is 10.1 Å². The molecular formula is C16H24BrNO. The van der Waals surface area contributed by atoms with E-state index in [4.69, 9.17) is 4.74 Å². The average Bonchev–Trinajstić information content (AvgIpc) is 3.07. The van der Waals surface area contributed by atoms with Crippen molar-refractivity contribution in [2.24, 2.45) is 5.92 Å². The van der Waals surface area contributed by atoms with Crippen molar-refractivity contribution in [1.82, 2.24) is 5.32 Å². The second kappa shape index (κ2) is 5.84. The summed E-state index contributed by atoms with van der Waals surface area (Å²) < 4.78 is 7.17. The Bertz CT molecular complexity index is 447. The molecular weight excluding hydrogens is 302 g/mol. The summed E-state index contributed by atoms with van der Waals surface area (Å²) in [6.07, 6.45) is 2.65. The third-order valence-electron chi connectivity index (χ3n) is 3.29. The van der Waals surface area contributed by atoms with Crippen LogP contribution in [0, 0.1) is 12.8 Å². The second-order valence-corrected chi connectivity index (χ2v) is 7.48. The molecule has 1 aliphatic rings. The van der Waals surface area contributed by atoms with Crippen molar-refractivity contribution in [3.05, 3.63) is 27.7 Å². The van der Waals surface area contributed by atoms with Crippen LogP contribution in [-0.2, 0) is 6.54 Å². The van der Waals surface area contributed by atoms with Crippen molar-refractivity contribution in [3.63, 3.8) is 0 Å². The zero-order valence-electron chi connectivity index (χ0n) is 12.3. The van der Waals surface area contributed by atoms with Crippen molar-refractivity contribution >= 4 is 15.9 Å². The van der Waals surface area contributed by atoms with Gasteiger partial charge in [-0.05, 0) is 64.2 Å². The zero-order chi connectivity index (χ0) is 14.0. The molecule has 2 nitrogen and oxygen atoms in total. The Morgan fingerprint density at radius 3 is 2.58 bits per heavy atom. The van der Waals surface area contributed by atoms with Crippen LogP contribution in [0.3, 0.4) is 0 Å². The standard InChI is InChI=1S/C16H24BrNO/c1-11-7-14(17)8-13(9-18-16(2,3)4)15(11)19-10-12-5-6-12/h7-8,12,18H,5-6,9-10H2,1-4H3. The predicted octanol–water partition coefficient (Wildman–Crippen LogP) is 4.43. The van der Waals surface area contributed by atoms with Crippen LogP contribution >= 0.6 is 15.9 Å². The Labute approximate surface area is 125 Å². The first-order valence-electron chi connectivity index (χ1n) is 7.02. The monoisotopic (exact) mass is 325 g/mol. The van der Waals surface area contributed by atoms with Crippen LogP contribution in [-0.4, -0.2) is 12.1 Å². The van der Waals surface area contributed by atoms with E-state index in [9.17, 15) is 0 Å². The number of hydrogen-bond donors (Lipinski definition) is 1. The summed E-state index contributed by atoms with van der Waals surface area (Å²) in [4.78, 5) is 0. The van der Waals surface area contributed by atoms with Gasteiger partial charge in [0.2, 0.25) is 0 Å². The van der Waals surface area contributed by atoms with Gasteiger partial charge in [0.1, 0.15) is 5.75 Å². The van der Waals surface area contributed by atoms with Crippen molar-refractivity contribution in [3.8, 4) is 5.75 Å². The van der Waals surface area contributed by atoms with E-state index in [0.717, 1.165) is 29.3 Å². The van der Waals surface area contributed by atoms with Gasteiger partial charge in [0.25, 0.3) is 0 Å². The SMILES string of the molecule is Cc1cc(Br)cc(CNC(C)(C)C)c1OCC1CC1.